The molecule has 7 nitrogen and oxygen atoms in total. The number of amides is 3. The third-order valence-corrected chi connectivity index (χ3v) is 7.14. The predicted molar refractivity (Wildman–Crippen MR) is 135 cm³/mol. The van der Waals surface area contributed by atoms with E-state index in [1.54, 1.807) is 24.3 Å². The lowest BCUT2D eigenvalue weighted by Crippen LogP contribution is -2.49. The number of carbonyl (C=O) groups is 3. The number of benzene rings is 1. The lowest BCUT2D eigenvalue weighted by Gasteiger charge is -2.32. The van der Waals surface area contributed by atoms with Gasteiger partial charge in [-0.05, 0) is 48.4 Å². The molecule has 2 aromatic heterocycles. The Morgan fingerprint density at radius 3 is 2.49 bits per heavy atom. The fraction of sp³-hybridized carbons (Fsp3) is 0.370. The molecule has 1 aliphatic rings. The van der Waals surface area contributed by atoms with Gasteiger partial charge in [-0.25, -0.2) is 0 Å². The predicted octanol–water partition coefficient (Wildman–Crippen LogP) is 4.33. The van der Waals surface area contributed by atoms with Crippen LogP contribution in [0.2, 0.25) is 0 Å². The molecule has 1 aliphatic carbocycles. The van der Waals surface area contributed by atoms with Gasteiger partial charge in [0.2, 0.25) is 5.91 Å². The molecule has 3 amide bonds. The molecule has 3 aromatic rings. The minimum Gasteiger partial charge on any atom is -0.467 e. The van der Waals surface area contributed by atoms with Crippen molar-refractivity contribution in [3.05, 3.63) is 82.4 Å². The molecule has 0 bridgehead atoms. The van der Waals surface area contributed by atoms with Crippen molar-refractivity contribution in [2.75, 3.05) is 13.1 Å². The fourth-order valence-electron chi connectivity index (χ4n) is 4.44. The number of nitrogens with zero attached hydrogens (tertiary/aromatic N) is 1. The first kappa shape index (κ1) is 24.7. The number of hydrogen-bond donors (Lipinski definition) is 2. The highest BCUT2D eigenvalue weighted by molar-refractivity contribution is 7.12. The molecule has 35 heavy (non-hydrogen) atoms. The van der Waals surface area contributed by atoms with Crippen LogP contribution in [0.4, 0.5) is 0 Å². The summed E-state index contributed by atoms with van der Waals surface area (Å²) < 4.78 is 5.63. The van der Waals surface area contributed by atoms with Crippen molar-refractivity contribution < 1.29 is 18.8 Å². The Bertz CT molecular complexity index is 1080. The van der Waals surface area contributed by atoms with Crippen molar-refractivity contribution in [3.8, 4) is 0 Å². The van der Waals surface area contributed by atoms with Gasteiger partial charge in [0.1, 0.15) is 5.76 Å². The van der Waals surface area contributed by atoms with E-state index in [9.17, 15) is 14.4 Å². The summed E-state index contributed by atoms with van der Waals surface area (Å²) in [6.45, 7) is 0.0978. The molecule has 1 fully saturated rings. The highest BCUT2D eigenvalue weighted by Gasteiger charge is 2.34. The van der Waals surface area contributed by atoms with Crippen molar-refractivity contribution in [1.82, 2.24) is 15.5 Å². The summed E-state index contributed by atoms with van der Waals surface area (Å²) in [5, 5.41) is 7.66. The van der Waals surface area contributed by atoms with Crippen LogP contribution >= 0.6 is 11.3 Å². The van der Waals surface area contributed by atoms with Crippen molar-refractivity contribution in [3.63, 3.8) is 0 Å². The number of nitrogens with one attached hydrogen (secondary N) is 2. The second-order valence-corrected chi connectivity index (χ2v) is 9.69. The summed E-state index contributed by atoms with van der Waals surface area (Å²) >= 11 is 1.31. The Kier molecular flexibility index (Phi) is 8.73. The van der Waals surface area contributed by atoms with Gasteiger partial charge in [0.05, 0.1) is 17.7 Å². The van der Waals surface area contributed by atoms with E-state index < -0.39 is 6.04 Å². The molecule has 2 heterocycles. The lowest BCUT2D eigenvalue weighted by molar-refractivity contribution is -0.141. The van der Waals surface area contributed by atoms with E-state index in [2.05, 4.69) is 10.6 Å². The maximum Gasteiger partial charge on any atom is 0.261 e. The van der Waals surface area contributed by atoms with Crippen LogP contribution in [0.3, 0.4) is 0 Å². The van der Waals surface area contributed by atoms with Gasteiger partial charge in [-0.2, -0.15) is 0 Å². The molecule has 4 rings (SSSR count). The molecule has 0 unspecified atom stereocenters. The zero-order valence-corrected chi connectivity index (χ0v) is 20.5. The van der Waals surface area contributed by atoms with E-state index in [4.69, 9.17) is 4.42 Å². The van der Waals surface area contributed by atoms with Gasteiger partial charge >= 0.3 is 0 Å². The Labute approximate surface area is 209 Å². The molecule has 8 heteroatoms. The SMILES string of the molecule is O=C(NCC(=O)N(CCc1ccccc1)[C@H](C(=O)NC1CCCCC1)c1ccco1)c1cccs1. The summed E-state index contributed by atoms with van der Waals surface area (Å²) in [6, 6.07) is 15.9. The molecule has 184 valence electrons. The van der Waals surface area contributed by atoms with Crippen LogP contribution in [-0.2, 0) is 16.0 Å². The maximum atomic E-state index is 13.5. The molecule has 1 saturated carbocycles. The smallest absolute Gasteiger partial charge is 0.261 e. The summed E-state index contributed by atoms with van der Waals surface area (Å²) in [6.07, 6.45) is 7.30. The first-order valence-electron chi connectivity index (χ1n) is 12.1. The summed E-state index contributed by atoms with van der Waals surface area (Å²) in [7, 11) is 0. The number of furan rings is 1. The first-order chi connectivity index (χ1) is 17.1. The highest BCUT2D eigenvalue weighted by Crippen LogP contribution is 2.25. The fourth-order valence-corrected chi connectivity index (χ4v) is 5.08. The molecule has 0 spiro atoms. The molecule has 1 atom stereocenters. The Morgan fingerprint density at radius 2 is 1.80 bits per heavy atom. The van der Waals surface area contributed by atoms with Crippen LogP contribution in [0.15, 0.2) is 70.7 Å². The molecule has 0 radical (unpaired) electrons. The second kappa shape index (κ2) is 12.4. The topological polar surface area (TPSA) is 91.7 Å². The summed E-state index contributed by atoms with van der Waals surface area (Å²) in [5.74, 6) is -0.495. The van der Waals surface area contributed by atoms with Crippen molar-refractivity contribution in [1.29, 1.82) is 0 Å². The summed E-state index contributed by atoms with van der Waals surface area (Å²) in [5.41, 5.74) is 1.05. The van der Waals surface area contributed by atoms with E-state index in [0.717, 1.165) is 31.2 Å². The third kappa shape index (κ3) is 6.82. The summed E-state index contributed by atoms with van der Waals surface area (Å²) in [4.78, 5) is 41.5. The quantitative estimate of drug-likeness (QED) is 0.440. The number of thiophene rings is 1. The van der Waals surface area contributed by atoms with Gasteiger partial charge in [0, 0.05) is 12.6 Å². The highest BCUT2D eigenvalue weighted by atomic mass is 32.1. The first-order valence-corrected chi connectivity index (χ1v) is 13.0. The van der Waals surface area contributed by atoms with Gasteiger partial charge in [0.25, 0.3) is 11.8 Å². The van der Waals surface area contributed by atoms with Crippen molar-refractivity contribution >= 4 is 29.1 Å². The molecular weight excluding hydrogens is 462 g/mol. The van der Waals surface area contributed by atoms with E-state index in [0.29, 0.717) is 23.6 Å². The molecule has 2 N–H and O–H groups in total. The number of rotatable bonds is 10. The minimum absolute atomic E-state index is 0.0957. The Morgan fingerprint density at radius 1 is 1.00 bits per heavy atom. The van der Waals surface area contributed by atoms with Gasteiger partial charge in [-0.1, -0.05) is 55.7 Å². The van der Waals surface area contributed by atoms with Gasteiger partial charge in [0.15, 0.2) is 6.04 Å². The normalized spacial score (nSPS) is 14.7. The molecular formula is C27H31N3O4S. The Hall–Kier alpha value is -3.39. The van der Waals surface area contributed by atoms with Crippen LogP contribution < -0.4 is 10.6 Å². The van der Waals surface area contributed by atoms with Crippen LogP contribution in [0.1, 0.15) is 59.1 Å². The maximum absolute atomic E-state index is 13.5. The third-order valence-electron chi connectivity index (χ3n) is 6.27. The van der Waals surface area contributed by atoms with Crippen LogP contribution in [0.5, 0.6) is 0 Å². The average Bonchev–Trinajstić information content (AvgIpc) is 3.61. The second-order valence-electron chi connectivity index (χ2n) is 8.74. The largest absolute Gasteiger partial charge is 0.467 e. The van der Waals surface area contributed by atoms with E-state index in [1.807, 2.05) is 35.7 Å². The monoisotopic (exact) mass is 493 g/mol. The van der Waals surface area contributed by atoms with Crippen molar-refractivity contribution in [2.45, 2.75) is 50.6 Å². The minimum atomic E-state index is -0.915. The van der Waals surface area contributed by atoms with E-state index >= 15 is 0 Å². The van der Waals surface area contributed by atoms with Gasteiger partial charge < -0.3 is 20.0 Å². The van der Waals surface area contributed by atoms with Crippen LogP contribution in [-0.4, -0.2) is 41.8 Å². The molecule has 1 aromatic carbocycles. The van der Waals surface area contributed by atoms with E-state index in [-0.39, 0.29) is 30.3 Å². The van der Waals surface area contributed by atoms with Crippen LogP contribution in [0.25, 0.3) is 0 Å². The average molecular weight is 494 g/mol. The van der Waals surface area contributed by atoms with Gasteiger partial charge in [-0.3, -0.25) is 14.4 Å². The molecule has 0 aliphatic heterocycles. The molecule has 0 saturated heterocycles. The lowest BCUT2D eigenvalue weighted by atomic mass is 9.95. The van der Waals surface area contributed by atoms with Gasteiger partial charge in [-0.15, -0.1) is 11.3 Å². The van der Waals surface area contributed by atoms with Crippen molar-refractivity contribution in [2.24, 2.45) is 0 Å². The van der Waals surface area contributed by atoms with Crippen LogP contribution in [0, 0.1) is 0 Å². The number of hydrogen-bond acceptors (Lipinski definition) is 5. The standard InChI is InChI=1S/C27H31N3O4S/c31-24(19-28-26(32)23-14-8-18-35-23)30(16-15-20-9-3-1-4-10-20)25(22-13-7-17-34-22)27(33)29-21-11-5-2-6-12-21/h1,3-4,7-10,13-14,17-18,21,25H,2,5-6,11-12,15-16,19H2,(H,28,32)(H,29,33)/t25-/m0/s1. The Balaban J connectivity index is 1.54. The zero-order valence-electron chi connectivity index (χ0n) is 19.7. The zero-order chi connectivity index (χ0) is 24.5. The van der Waals surface area contributed by atoms with E-state index in [1.165, 1.54) is 28.9 Å². The number of carbonyl (C=O) groups excluding carboxylic acids is 3.